The molecule has 0 fully saturated rings. The maximum absolute atomic E-state index is 10.7. The number of nitrogens with one attached hydrogen (secondary N) is 1. The van der Waals surface area contributed by atoms with Crippen molar-refractivity contribution in [2.24, 2.45) is 10.2 Å². The monoisotopic (exact) mass is 338 g/mol. The highest BCUT2D eigenvalue weighted by Gasteiger charge is 2.29. The van der Waals surface area contributed by atoms with E-state index in [4.69, 9.17) is 0 Å². The van der Waals surface area contributed by atoms with Gasteiger partial charge in [0.25, 0.3) is 5.69 Å². The summed E-state index contributed by atoms with van der Waals surface area (Å²) in [5, 5.41) is 22.9. The Morgan fingerprint density at radius 3 is 2.52 bits per heavy atom. The fourth-order valence-corrected chi connectivity index (χ4v) is 3.38. The van der Waals surface area contributed by atoms with Crippen LogP contribution in [-0.2, 0) is 0 Å². The molecule has 0 bridgehead atoms. The maximum Gasteiger partial charge on any atom is 0.269 e. The number of anilines is 1. The van der Waals surface area contributed by atoms with Crippen LogP contribution < -0.4 is 5.32 Å². The van der Waals surface area contributed by atoms with Gasteiger partial charge < -0.3 is 5.32 Å². The lowest BCUT2D eigenvalue weighted by Gasteiger charge is -2.38. The number of hydrogen-bond donors (Lipinski definition) is 1. The zero-order valence-electron chi connectivity index (χ0n) is 14.9. The first kappa shape index (κ1) is 17.1. The largest absolute Gasteiger partial charge is 0.380 e. The van der Waals surface area contributed by atoms with E-state index in [1.165, 1.54) is 17.7 Å². The van der Waals surface area contributed by atoms with Crippen LogP contribution in [0, 0.1) is 17.0 Å². The zero-order chi connectivity index (χ0) is 18.2. The third kappa shape index (κ3) is 3.68. The van der Waals surface area contributed by atoms with E-state index in [0.717, 1.165) is 23.4 Å². The summed E-state index contributed by atoms with van der Waals surface area (Å²) < 4.78 is 0. The van der Waals surface area contributed by atoms with Gasteiger partial charge in [-0.05, 0) is 68.5 Å². The minimum atomic E-state index is -0.426. The van der Waals surface area contributed by atoms with Crippen LogP contribution in [0.4, 0.5) is 22.7 Å². The second kappa shape index (κ2) is 6.27. The van der Waals surface area contributed by atoms with Crippen molar-refractivity contribution in [3.05, 3.63) is 57.6 Å². The summed E-state index contributed by atoms with van der Waals surface area (Å²) in [7, 11) is 0. The summed E-state index contributed by atoms with van der Waals surface area (Å²) in [6.45, 7) is 8.67. The molecule has 0 spiro atoms. The first-order chi connectivity index (χ1) is 11.7. The summed E-state index contributed by atoms with van der Waals surface area (Å²) in [6.07, 6.45) is 1.06. The second-order valence-electron chi connectivity index (χ2n) is 7.31. The van der Waals surface area contributed by atoms with Gasteiger partial charge >= 0.3 is 0 Å². The highest BCUT2D eigenvalue weighted by molar-refractivity contribution is 5.65. The Balaban J connectivity index is 1.88. The van der Waals surface area contributed by atoms with Crippen LogP contribution in [0.5, 0.6) is 0 Å². The number of nitro groups is 1. The number of benzene rings is 2. The van der Waals surface area contributed by atoms with Crippen LogP contribution >= 0.6 is 0 Å². The molecule has 1 unspecified atom stereocenters. The van der Waals surface area contributed by atoms with Crippen molar-refractivity contribution in [3.8, 4) is 0 Å². The highest BCUT2D eigenvalue weighted by Crippen LogP contribution is 2.41. The molecule has 0 radical (unpaired) electrons. The first-order valence-electron chi connectivity index (χ1n) is 8.34. The molecule has 2 aromatic rings. The van der Waals surface area contributed by atoms with Gasteiger partial charge in [0.1, 0.15) is 0 Å². The molecule has 1 N–H and O–H groups in total. The fraction of sp³-hybridized carbons (Fsp3) is 0.368. The molecule has 0 saturated carbocycles. The van der Waals surface area contributed by atoms with Crippen molar-refractivity contribution in [3.63, 3.8) is 0 Å². The predicted molar refractivity (Wildman–Crippen MR) is 99.2 cm³/mol. The quantitative estimate of drug-likeness (QED) is 0.422. The molecule has 0 aromatic heterocycles. The molecule has 0 aliphatic carbocycles. The van der Waals surface area contributed by atoms with E-state index < -0.39 is 4.92 Å². The minimum absolute atomic E-state index is 0.0476. The normalized spacial score (nSPS) is 18.6. The van der Waals surface area contributed by atoms with Crippen LogP contribution in [0.1, 0.15) is 44.2 Å². The van der Waals surface area contributed by atoms with Gasteiger partial charge in [0.15, 0.2) is 0 Å². The van der Waals surface area contributed by atoms with E-state index in [1.807, 2.05) is 6.92 Å². The number of azo groups is 1. The van der Waals surface area contributed by atoms with Crippen LogP contribution in [0.2, 0.25) is 0 Å². The van der Waals surface area contributed by atoms with Gasteiger partial charge in [0.2, 0.25) is 0 Å². The standard InChI is InChI=1S/C19H22N4O2/c1-12-9-18-16(13(2)11-19(3,4)20-18)10-17(12)22-21-14-5-7-15(8-6-14)23(24)25/h5-10,13,20H,11H2,1-4H3. The Kier molecular flexibility index (Phi) is 4.29. The van der Waals surface area contributed by atoms with Crippen LogP contribution in [0.15, 0.2) is 46.6 Å². The van der Waals surface area contributed by atoms with Gasteiger partial charge in [-0.1, -0.05) is 6.92 Å². The molecule has 0 saturated heterocycles. The summed E-state index contributed by atoms with van der Waals surface area (Å²) in [4.78, 5) is 10.3. The Hall–Kier alpha value is -2.76. The SMILES string of the molecule is Cc1cc2c(cc1N=Nc1ccc([N+](=O)[O-])cc1)C(C)CC(C)(C)N2. The second-order valence-corrected chi connectivity index (χ2v) is 7.31. The molecule has 1 aliphatic heterocycles. The van der Waals surface area contributed by atoms with E-state index in [1.54, 1.807) is 12.1 Å². The van der Waals surface area contributed by atoms with Gasteiger partial charge in [-0.2, -0.15) is 10.2 Å². The van der Waals surface area contributed by atoms with E-state index in [0.29, 0.717) is 11.6 Å². The number of rotatable bonds is 3. The smallest absolute Gasteiger partial charge is 0.269 e. The lowest BCUT2D eigenvalue weighted by Crippen LogP contribution is -2.36. The summed E-state index contributed by atoms with van der Waals surface area (Å²) >= 11 is 0. The lowest BCUT2D eigenvalue weighted by atomic mass is 9.81. The number of nitrogens with zero attached hydrogens (tertiary/aromatic N) is 3. The molecule has 6 heteroatoms. The van der Waals surface area contributed by atoms with Crippen molar-refractivity contribution < 1.29 is 4.92 Å². The van der Waals surface area contributed by atoms with Gasteiger partial charge in [-0.3, -0.25) is 10.1 Å². The molecular formula is C19H22N4O2. The Bertz CT molecular complexity index is 841. The van der Waals surface area contributed by atoms with E-state index in [2.05, 4.69) is 48.4 Å². The molecule has 6 nitrogen and oxygen atoms in total. The molecule has 1 atom stereocenters. The van der Waals surface area contributed by atoms with Crippen molar-refractivity contribution in [1.29, 1.82) is 0 Å². The molecule has 3 rings (SSSR count). The average molecular weight is 338 g/mol. The Morgan fingerprint density at radius 1 is 1.20 bits per heavy atom. The molecule has 1 aliphatic rings. The first-order valence-corrected chi connectivity index (χ1v) is 8.34. The van der Waals surface area contributed by atoms with E-state index >= 15 is 0 Å². The number of non-ortho nitro benzene ring substituents is 1. The number of hydrogen-bond acceptors (Lipinski definition) is 5. The molecule has 1 heterocycles. The van der Waals surface area contributed by atoms with Gasteiger partial charge in [-0.15, -0.1) is 0 Å². The Morgan fingerprint density at radius 2 is 1.88 bits per heavy atom. The maximum atomic E-state index is 10.7. The summed E-state index contributed by atoms with van der Waals surface area (Å²) in [5.74, 6) is 0.445. The van der Waals surface area contributed by atoms with Crippen molar-refractivity contribution in [2.45, 2.75) is 45.6 Å². The van der Waals surface area contributed by atoms with E-state index in [-0.39, 0.29) is 11.2 Å². The average Bonchev–Trinajstić information content (AvgIpc) is 2.52. The molecule has 2 aromatic carbocycles. The topological polar surface area (TPSA) is 79.9 Å². The third-order valence-electron chi connectivity index (χ3n) is 4.52. The molecule has 130 valence electrons. The number of nitro benzene ring substituents is 1. The molecule has 0 amide bonds. The minimum Gasteiger partial charge on any atom is -0.380 e. The van der Waals surface area contributed by atoms with Crippen molar-refractivity contribution >= 4 is 22.7 Å². The fourth-order valence-electron chi connectivity index (χ4n) is 3.38. The molecule has 25 heavy (non-hydrogen) atoms. The Labute approximate surface area is 147 Å². The number of aryl methyl sites for hydroxylation is 1. The van der Waals surface area contributed by atoms with E-state index in [9.17, 15) is 10.1 Å². The summed E-state index contributed by atoms with van der Waals surface area (Å²) in [5.41, 5.74) is 5.01. The van der Waals surface area contributed by atoms with Gasteiger partial charge in [-0.25, -0.2) is 0 Å². The highest BCUT2D eigenvalue weighted by atomic mass is 16.6. The van der Waals surface area contributed by atoms with Gasteiger partial charge in [0, 0.05) is 23.4 Å². The van der Waals surface area contributed by atoms with Gasteiger partial charge in [0.05, 0.1) is 16.3 Å². The predicted octanol–water partition coefficient (Wildman–Crippen LogP) is 6.02. The van der Waals surface area contributed by atoms with Crippen molar-refractivity contribution in [2.75, 3.05) is 5.32 Å². The third-order valence-corrected chi connectivity index (χ3v) is 4.52. The van der Waals surface area contributed by atoms with Crippen LogP contribution in [-0.4, -0.2) is 10.5 Å². The summed E-state index contributed by atoms with van der Waals surface area (Å²) in [6, 6.07) is 10.3. The lowest BCUT2D eigenvalue weighted by molar-refractivity contribution is -0.384. The zero-order valence-corrected chi connectivity index (χ0v) is 14.9. The molecular weight excluding hydrogens is 316 g/mol. The van der Waals surface area contributed by atoms with Crippen LogP contribution in [0.25, 0.3) is 0 Å². The number of fused-ring (bicyclic) bond motifs is 1. The van der Waals surface area contributed by atoms with Crippen LogP contribution in [0.3, 0.4) is 0 Å². The van der Waals surface area contributed by atoms with Crippen molar-refractivity contribution in [1.82, 2.24) is 0 Å².